The molecule has 1 aromatic rings. The summed E-state index contributed by atoms with van der Waals surface area (Å²) in [6.45, 7) is 2.33. The molecule has 2 atom stereocenters. The molecule has 2 unspecified atom stereocenters. The molecule has 1 aliphatic carbocycles. The van der Waals surface area contributed by atoms with E-state index in [0.29, 0.717) is 6.04 Å². The SMILES string of the molecule is CC1C2CCCCC2=Cc2cncn21. The minimum absolute atomic E-state index is 0.618. The molecule has 0 amide bonds. The second-order valence-corrected chi connectivity index (χ2v) is 4.54. The van der Waals surface area contributed by atoms with Crippen LogP contribution in [0.25, 0.3) is 6.08 Å². The number of rotatable bonds is 0. The predicted octanol–water partition coefficient (Wildman–Crippen LogP) is 3.03. The van der Waals surface area contributed by atoms with Crippen LogP contribution in [0, 0.1) is 5.92 Å². The van der Waals surface area contributed by atoms with Gasteiger partial charge in [-0.15, -0.1) is 0 Å². The van der Waals surface area contributed by atoms with Crippen LogP contribution < -0.4 is 0 Å². The van der Waals surface area contributed by atoms with E-state index < -0.39 is 0 Å². The molecule has 1 saturated carbocycles. The van der Waals surface area contributed by atoms with E-state index in [1.165, 1.54) is 31.4 Å². The summed E-state index contributed by atoms with van der Waals surface area (Å²) < 4.78 is 2.32. The van der Waals surface area contributed by atoms with Crippen LogP contribution in [0.4, 0.5) is 0 Å². The molecule has 0 spiro atoms. The molecule has 0 saturated heterocycles. The van der Waals surface area contributed by atoms with Crippen LogP contribution in [0.3, 0.4) is 0 Å². The van der Waals surface area contributed by atoms with Crippen molar-refractivity contribution in [2.45, 2.75) is 38.6 Å². The number of hydrogen-bond acceptors (Lipinski definition) is 1. The number of aromatic nitrogens is 2. The molecule has 0 bridgehead atoms. The van der Waals surface area contributed by atoms with Crippen molar-refractivity contribution >= 4 is 6.08 Å². The second-order valence-electron chi connectivity index (χ2n) is 4.54. The first-order valence-electron chi connectivity index (χ1n) is 5.58. The zero-order valence-electron chi connectivity index (χ0n) is 8.61. The Kier molecular flexibility index (Phi) is 1.76. The van der Waals surface area contributed by atoms with Gasteiger partial charge in [-0.2, -0.15) is 0 Å². The summed E-state index contributed by atoms with van der Waals surface area (Å²) in [6.07, 6.45) is 11.8. The topological polar surface area (TPSA) is 17.8 Å². The van der Waals surface area contributed by atoms with E-state index in [4.69, 9.17) is 0 Å². The van der Waals surface area contributed by atoms with Crippen molar-refractivity contribution < 1.29 is 0 Å². The van der Waals surface area contributed by atoms with Gasteiger partial charge in [-0.25, -0.2) is 4.98 Å². The highest BCUT2D eigenvalue weighted by atomic mass is 15.1. The fourth-order valence-corrected chi connectivity index (χ4v) is 2.95. The Bertz CT molecular complexity index is 375. The zero-order chi connectivity index (χ0) is 9.54. The van der Waals surface area contributed by atoms with Crippen LogP contribution in [-0.2, 0) is 0 Å². The largest absolute Gasteiger partial charge is 0.328 e. The molecular weight excluding hydrogens is 172 g/mol. The molecule has 14 heavy (non-hydrogen) atoms. The molecule has 2 aliphatic rings. The van der Waals surface area contributed by atoms with Gasteiger partial charge in [-0.3, -0.25) is 0 Å². The Morgan fingerprint density at radius 3 is 3.29 bits per heavy atom. The fraction of sp³-hybridized carbons (Fsp3) is 0.583. The highest BCUT2D eigenvalue weighted by Crippen LogP contribution is 2.41. The normalized spacial score (nSPS) is 30.5. The summed E-state index contributed by atoms with van der Waals surface area (Å²) in [5.41, 5.74) is 2.96. The zero-order valence-corrected chi connectivity index (χ0v) is 8.61. The molecule has 0 aromatic carbocycles. The lowest BCUT2D eigenvalue weighted by Crippen LogP contribution is -2.25. The Morgan fingerprint density at radius 2 is 2.36 bits per heavy atom. The fourth-order valence-electron chi connectivity index (χ4n) is 2.95. The van der Waals surface area contributed by atoms with Gasteiger partial charge in [-0.05, 0) is 32.3 Å². The summed E-state index contributed by atoms with van der Waals surface area (Å²) in [6, 6.07) is 0.618. The molecule has 3 rings (SSSR count). The maximum Gasteiger partial charge on any atom is 0.0953 e. The Labute approximate surface area is 84.7 Å². The van der Waals surface area contributed by atoms with Crippen LogP contribution in [0.5, 0.6) is 0 Å². The first kappa shape index (κ1) is 8.27. The minimum Gasteiger partial charge on any atom is -0.328 e. The van der Waals surface area contributed by atoms with E-state index in [-0.39, 0.29) is 0 Å². The van der Waals surface area contributed by atoms with Gasteiger partial charge >= 0.3 is 0 Å². The Morgan fingerprint density at radius 1 is 1.43 bits per heavy atom. The third-order valence-corrected chi connectivity index (χ3v) is 3.76. The minimum atomic E-state index is 0.618. The van der Waals surface area contributed by atoms with Gasteiger partial charge in [0.2, 0.25) is 0 Å². The maximum absolute atomic E-state index is 4.23. The maximum atomic E-state index is 4.23. The number of nitrogens with zero attached hydrogens (tertiary/aromatic N) is 2. The number of allylic oxidation sites excluding steroid dienone is 1. The second kappa shape index (κ2) is 2.97. The van der Waals surface area contributed by atoms with E-state index >= 15 is 0 Å². The molecule has 1 aromatic heterocycles. The molecule has 0 radical (unpaired) electrons. The molecule has 74 valence electrons. The highest BCUT2D eigenvalue weighted by Gasteiger charge is 2.29. The molecular formula is C12H16N2. The summed E-state index contributed by atoms with van der Waals surface area (Å²) in [5, 5.41) is 0. The smallest absolute Gasteiger partial charge is 0.0953 e. The quantitative estimate of drug-likeness (QED) is 0.612. The average Bonchev–Trinajstić information content (AvgIpc) is 2.66. The molecule has 2 heterocycles. The predicted molar refractivity (Wildman–Crippen MR) is 56.9 cm³/mol. The van der Waals surface area contributed by atoms with Gasteiger partial charge in [0.05, 0.1) is 18.2 Å². The van der Waals surface area contributed by atoms with Gasteiger partial charge in [0.25, 0.3) is 0 Å². The van der Waals surface area contributed by atoms with Crippen molar-refractivity contribution in [1.82, 2.24) is 9.55 Å². The Hall–Kier alpha value is -1.05. The van der Waals surface area contributed by atoms with Gasteiger partial charge in [0, 0.05) is 12.0 Å². The summed E-state index contributed by atoms with van der Waals surface area (Å²) in [7, 11) is 0. The third kappa shape index (κ3) is 1.06. The van der Waals surface area contributed by atoms with Crippen molar-refractivity contribution in [2.75, 3.05) is 0 Å². The number of hydrogen-bond donors (Lipinski definition) is 0. The highest BCUT2D eigenvalue weighted by molar-refractivity contribution is 5.52. The molecule has 2 nitrogen and oxygen atoms in total. The number of fused-ring (bicyclic) bond motifs is 2. The van der Waals surface area contributed by atoms with Crippen molar-refractivity contribution in [3.63, 3.8) is 0 Å². The summed E-state index contributed by atoms with van der Waals surface area (Å²) >= 11 is 0. The molecule has 0 N–H and O–H groups in total. The monoisotopic (exact) mass is 188 g/mol. The molecule has 1 fully saturated rings. The first-order chi connectivity index (χ1) is 6.86. The molecule has 1 aliphatic heterocycles. The average molecular weight is 188 g/mol. The van der Waals surface area contributed by atoms with Gasteiger partial charge in [0.1, 0.15) is 0 Å². The van der Waals surface area contributed by atoms with E-state index in [2.05, 4.69) is 22.6 Å². The lowest BCUT2D eigenvalue weighted by molar-refractivity contribution is 0.325. The van der Waals surface area contributed by atoms with Crippen molar-refractivity contribution in [3.05, 3.63) is 23.8 Å². The van der Waals surface area contributed by atoms with Crippen LogP contribution in [0.2, 0.25) is 0 Å². The van der Waals surface area contributed by atoms with Crippen molar-refractivity contribution in [2.24, 2.45) is 5.92 Å². The summed E-state index contributed by atoms with van der Waals surface area (Å²) in [4.78, 5) is 4.23. The van der Waals surface area contributed by atoms with E-state index in [1.807, 2.05) is 12.5 Å². The Balaban J connectivity index is 2.07. The van der Waals surface area contributed by atoms with Crippen LogP contribution >= 0.6 is 0 Å². The van der Waals surface area contributed by atoms with Gasteiger partial charge in [0.15, 0.2) is 0 Å². The van der Waals surface area contributed by atoms with Crippen LogP contribution in [0.1, 0.15) is 44.3 Å². The standard InChI is InChI=1S/C12H16N2/c1-9-12-5-3-2-4-10(12)6-11-7-13-8-14(9)11/h6-9,12H,2-5H2,1H3. The summed E-state index contributed by atoms with van der Waals surface area (Å²) in [5.74, 6) is 0.783. The third-order valence-electron chi connectivity index (χ3n) is 3.76. The van der Waals surface area contributed by atoms with E-state index in [9.17, 15) is 0 Å². The van der Waals surface area contributed by atoms with E-state index in [0.717, 1.165) is 5.92 Å². The molecule has 2 heteroatoms. The lowest BCUT2D eigenvalue weighted by atomic mass is 9.78. The lowest BCUT2D eigenvalue weighted by Gasteiger charge is -2.35. The van der Waals surface area contributed by atoms with Crippen molar-refractivity contribution in [3.8, 4) is 0 Å². The van der Waals surface area contributed by atoms with Crippen LogP contribution in [0.15, 0.2) is 18.1 Å². The van der Waals surface area contributed by atoms with Crippen molar-refractivity contribution in [1.29, 1.82) is 0 Å². The van der Waals surface area contributed by atoms with E-state index in [1.54, 1.807) is 5.57 Å². The van der Waals surface area contributed by atoms with Gasteiger partial charge < -0.3 is 4.57 Å². The first-order valence-corrected chi connectivity index (χ1v) is 5.58. The van der Waals surface area contributed by atoms with Gasteiger partial charge in [-0.1, -0.05) is 12.0 Å². The van der Waals surface area contributed by atoms with Crippen LogP contribution in [-0.4, -0.2) is 9.55 Å². The number of imidazole rings is 1.